The van der Waals surface area contributed by atoms with Crippen molar-refractivity contribution in [1.29, 1.82) is 0 Å². The van der Waals surface area contributed by atoms with Gasteiger partial charge in [-0.15, -0.1) is 0 Å². The third kappa shape index (κ3) is 9.47. The second-order valence-electron chi connectivity index (χ2n) is 5.58. The number of carbonyl (C=O) groups is 2. The van der Waals surface area contributed by atoms with Crippen molar-refractivity contribution in [3.63, 3.8) is 0 Å². The molecule has 1 unspecified atom stereocenters. The molecule has 0 aliphatic heterocycles. The molecular formula is C14H29N3O2. The van der Waals surface area contributed by atoms with Gasteiger partial charge in [-0.25, -0.2) is 0 Å². The summed E-state index contributed by atoms with van der Waals surface area (Å²) in [5.74, 6) is 0.187. The molecule has 0 aliphatic carbocycles. The first-order valence-electron chi connectivity index (χ1n) is 7.11. The Morgan fingerprint density at radius 2 is 1.74 bits per heavy atom. The van der Waals surface area contributed by atoms with Crippen LogP contribution in [0.5, 0.6) is 0 Å². The number of likely N-dealkylation sites (N-methyl/N-ethyl adjacent to an activating group) is 1. The standard InChI is InChI=1S/C14H29N3O2/c1-10(2)9-12(14(19)15-5)17-13(18)7-6-8-16-11(3)4/h10-12,16H,6-9H2,1-5H3,(H,15,19)(H,17,18). The third-order valence-corrected chi connectivity index (χ3v) is 2.74. The number of carbonyl (C=O) groups excluding carboxylic acids is 2. The molecule has 3 N–H and O–H groups in total. The van der Waals surface area contributed by atoms with E-state index in [1.807, 2.05) is 13.8 Å². The second kappa shape index (κ2) is 9.78. The predicted octanol–water partition coefficient (Wildman–Crippen LogP) is 1.04. The van der Waals surface area contributed by atoms with Gasteiger partial charge in [-0.1, -0.05) is 27.7 Å². The summed E-state index contributed by atoms with van der Waals surface area (Å²) in [6.45, 7) is 9.04. The van der Waals surface area contributed by atoms with Gasteiger partial charge in [0.15, 0.2) is 0 Å². The molecule has 1 atom stereocenters. The van der Waals surface area contributed by atoms with Crippen LogP contribution < -0.4 is 16.0 Å². The van der Waals surface area contributed by atoms with Gasteiger partial charge in [-0.2, -0.15) is 0 Å². The molecule has 0 radical (unpaired) electrons. The minimum absolute atomic E-state index is 0.0557. The highest BCUT2D eigenvalue weighted by Crippen LogP contribution is 2.05. The van der Waals surface area contributed by atoms with E-state index >= 15 is 0 Å². The Balaban J connectivity index is 4.05. The first-order valence-corrected chi connectivity index (χ1v) is 7.11. The van der Waals surface area contributed by atoms with Gasteiger partial charge >= 0.3 is 0 Å². The second-order valence-corrected chi connectivity index (χ2v) is 5.58. The van der Waals surface area contributed by atoms with Crippen LogP contribution in [0.4, 0.5) is 0 Å². The number of rotatable bonds is 9. The summed E-state index contributed by atoms with van der Waals surface area (Å²) < 4.78 is 0. The molecule has 0 bridgehead atoms. The maximum atomic E-state index is 11.8. The van der Waals surface area contributed by atoms with Crippen LogP contribution in [0.2, 0.25) is 0 Å². The molecule has 0 rings (SSSR count). The average Bonchev–Trinajstić information content (AvgIpc) is 2.32. The predicted molar refractivity (Wildman–Crippen MR) is 77.8 cm³/mol. The highest BCUT2D eigenvalue weighted by molar-refractivity contribution is 5.87. The van der Waals surface area contributed by atoms with Crippen molar-refractivity contribution in [2.24, 2.45) is 5.92 Å². The van der Waals surface area contributed by atoms with Crippen LogP contribution in [0.1, 0.15) is 47.0 Å². The molecule has 0 heterocycles. The lowest BCUT2D eigenvalue weighted by Gasteiger charge is -2.19. The zero-order valence-corrected chi connectivity index (χ0v) is 12.9. The van der Waals surface area contributed by atoms with E-state index in [-0.39, 0.29) is 11.8 Å². The molecule has 0 aromatic heterocycles. The number of hydrogen-bond acceptors (Lipinski definition) is 3. The SMILES string of the molecule is CNC(=O)C(CC(C)C)NC(=O)CCCNC(C)C. The van der Waals surface area contributed by atoms with Gasteiger partial charge in [-0.3, -0.25) is 9.59 Å². The van der Waals surface area contributed by atoms with E-state index in [0.717, 1.165) is 13.0 Å². The van der Waals surface area contributed by atoms with Gasteiger partial charge in [0.2, 0.25) is 11.8 Å². The molecule has 0 aliphatic rings. The molecule has 5 nitrogen and oxygen atoms in total. The highest BCUT2D eigenvalue weighted by Gasteiger charge is 2.20. The normalized spacial score (nSPS) is 12.6. The minimum atomic E-state index is -0.421. The van der Waals surface area contributed by atoms with Gasteiger partial charge in [0, 0.05) is 19.5 Å². The average molecular weight is 271 g/mol. The van der Waals surface area contributed by atoms with Crippen molar-refractivity contribution in [3.05, 3.63) is 0 Å². The van der Waals surface area contributed by atoms with E-state index in [9.17, 15) is 9.59 Å². The van der Waals surface area contributed by atoms with E-state index < -0.39 is 6.04 Å². The van der Waals surface area contributed by atoms with Gasteiger partial charge < -0.3 is 16.0 Å². The Kier molecular flexibility index (Phi) is 9.21. The zero-order chi connectivity index (χ0) is 14.8. The molecule has 0 saturated carbocycles. The van der Waals surface area contributed by atoms with Gasteiger partial charge in [0.05, 0.1) is 0 Å². The number of amides is 2. The van der Waals surface area contributed by atoms with Crippen molar-refractivity contribution < 1.29 is 9.59 Å². The lowest BCUT2D eigenvalue weighted by atomic mass is 10.0. The molecule has 2 amide bonds. The van der Waals surface area contributed by atoms with Crippen molar-refractivity contribution in [2.45, 2.75) is 59.0 Å². The Hall–Kier alpha value is -1.10. The van der Waals surface area contributed by atoms with E-state index in [0.29, 0.717) is 24.8 Å². The van der Waals surface area contributed by atoms with E-state index in [1.54, 1.807) is 7.05 Å². The van der Waals surface area contributed by atoms with Crippen LogP contribution in [0.3, 0.4) is 0 Å². The molecule has 0 fully saturated rings. The molecule has 0 spiro atoms. The fourth-order valence-electron chi connectivity index (χ4n) is 1.78. The van der Waals surface area contributed by atoms with E-state index in [2.05, 4.69) is 29.8 Å². The fraction of sp³-hybridized carbons (Fsp3) is 0.857. The Bertz CT molecular complexity index is 278. The minimum Gasteiger partial charge on any atom is -0.357 e. The van der Waals surface area contributed by atoms with Crippen LogP contribution in [0.25, 0.3) is 0 Å². The Morgan fingerprint density at radius 1 is 1.11 bits per heavy atom. The maximum Gasteiger partial charge on any atom is 0.242 e. The quantitative estimate of drug-likeness (QED) is 0.549. The fourth-order valence-corrected chi connectivity index (χ4v) is 1.78. The maximum absolute atomic E-state index is 11.8. The Labute approximate surface area is 116 Å². The first kappa shape index (κ1) is 17.9. The summed E-state index contributed by atoms with van der Waals surface area (Å²) in [6.07, 6.45) is 1.90. The molecule has 112 valence electrons. The van der Waals surface area contributed by atoms with Crippen molar-refractivity contribution in [2.75, 3.05) is 13.6 Å². The van der Waals surface area contributed by atoms with Gasteiger partial charge in [0.25, 0.3) is 0 Å². The molecule has 5 heteroatoms. The number of nitrogens with one attached hydrogen (secondary N) is 3. The van der Waals surface area contributed by atoms with E-state index in [1.165, 1.54) is 0 Å². The zero-order valence-electron chi connectivity index (χ0n) is 12.9. The van der Waals surface area contributed by atoms with Crippen LogP contribution in [0.15, 0.2) is 0 Å². The van der Waals surface area contributed by atoms with E-state index in [4.69, 9.17) is 0 Å². The Morgan fingerprint density at radius 3 is 2.21 bits per heavy atom. The van der Waals surface area contributed by atoms with Crippen LogP contribution in [-0.4, -0.2) is 37.5 Å². The van der Waals surface area contributed by atoms with Crippen molar-refractivity contribution >= 4 is 11.8 Å². The largest absolute Gasteiger partial charge is 0.357 e. The molecular weight excluding hydrogens is 242 g/mol. The first-order chi connectivity index (χ1) is 8.86. The number of hydrogen-bond donors (Lipinski definition) is 3. The van der Waals surface area contributed by atoms with Gasteiger partial charge in [0.1, 0.15) is 6.04 Å². The molecule has 0 aromatic carbocycles. The van der Waals surface area contributed by atoms with Crippen molar-refractivity contribution in [1.82, 2.24) is 16.0 Å². The summed E-state index contributed by atoms with van der Waals surface area (Å²) in [7, 11) is 1.59. The summed E-state index contributed by atoms with van der Waals surface area (Å²) in [4.78, 5) is 23.4. The monoisotopic (exact) mass is 271 g/mol. The summed E-state index contributed by atoms with van der Waals surface area (Å²) in [6, 6.07) is 0.0122. The van der Waals surface area contributed by atoms with Crippen LogP contribution in [0, 0.1) is 5.92 Å². The summed E-state index contributed by atoms with van der Waals surface area (Å²) >= 11 is 0. The third-order valence-electron chi connectivity index (χ3n) is 2.74. The molecule has 0 aromatic rings. The van der Waals surface area contributed by atoms with Crippen LogP contribution >= 0.6 is 0 Å². The lowest BCUT2D eigenvalue weighted by molar-refractivity contribution is -0.129. The molecule has 19 heavy (non-hydrogen) atoms. The lowest BCUT2D eigenvalue weighted by Crippen LogP contribution is -2.46. The smallest absolute Gasteiger partial charge is 0.242 e. The summed E-state index contributed by atoms with van der Waals surface area (Å²) in [5, 5.41) is 8.66. The van der Waals surface area contributed by atoms with Crippen molar-refractivity contribution in [3.8, 4) is 0 Å². The highest BCUT2D eigenvalue weighted by atomic mass is 16.2. The summed E-state index contributed by atoms with van der Waals surface area (Å²) in [5.41, 5.74) is 0. The van der Waals surface area contributed by atoms with Crippen LogP contribution in [-0.2, 0) is 9.59 Å². The molecule has 0 saturated heterocycles. The van der Waals surface area contributed by atoms with Gasteiger partial charge in [-0.05, 0) is 25.3 Å². The topological polar surface area (TPSA) is 70.2 Å².